The average Bonchev–Trinajstić information content (AvgIpc) is 3.33. The second-order valence-electron chi connectivity index (χ2n) is 8.78. The van der Waals surface area contributed by atoms with Crippen molar-refractivity contribution in [2.75, 3.05) is 27.4 Å². The van der Waals surface area contributed by atoms with Gasteiger partial charge in [0.2, 0.25) is 0 Å². The smallest absolute Gasteiger partial charge is 0.161 e. The molecule has 1 aliphatic rings. The molecule has 0 fully saturated rings. The lowest BCUT2D eigenvalue weighted by Gasteiger charge is -2.43. The van der Waals surface area contributed by atoms with Gasteiger partial charge in [-0.15, -0.1) is 0 Å². The van der Waals surface area contributed by atoms with Gasteiger partial charge in [-0.1, -0.05) is 91.0 Å². The number of nitrogens with zero attached hydrogens (tertiary/aromatic N) is 1. The minimum atomic E-state index is -0.451. The highest BCUT2D eigenvalue weighted by Gasteiger charge is 2.44. The Bertz CT molecular complexity index is 1150. The summed E-state index contributed by atoms with van der Waals surface area (Å²) in [6.45, 7) is 2.60. The normalized spacial score (nSPS) is 13.4. The van der Waals surface area contributed by atoms with Crippen LogP contribution in [-0.2, 0) is 23.4 Å². The summed E-state index contributed by atoms with van der Waals surface area (Å²) in [6.07, 6.45) is 0. The minimum Gasteiger partial charge on any atom is -0.493 e. The van der Waals surface area contributed by atoms with E-state index >= 15 is 0 Å². The lowest BCUT2D eigenvalue weighted by Crippen LogP contribution is -2.45. The fraction of sp³-hybridized carbons (Fsp3) is 0.226. The highest BCUT2D eigenvalue weighted by Crippen LogP contribution is 2.47. The van der Waals surface area contributed by atoms with Crippen LogP contribution in [0.4, 0.5) is 0 Å². The predicted octanol–water partition coefficient (Wildman–Crippen LogP) is 6.03. The standard InChI is InChI=1S/C31H31NO3/c1-33-18-19-35-30-21-25-23-32(22-24(25)20-29(30)34-2)31(26-12-6-3-7-13-26,27-14-8-4-9-15-27)28-16-10-5-11-17-28/h3-17,20-21H,18-19,22-23H2,1-2H3. The first-order valence-corrected chi connectivity index (χ1v) is 12.0. The SMILES string of the molecule is COCCOc1cc2c(cc1OC)CN(C(c1ccccc1)(c1ccccc1)c1ccccc1)C2. The van der Waals surface area contributed by atoms with Crippen molar-refractivity contribution in [3.8, 4) is 11.5 Å². The van der Waals surface area contributed by atoms with Crippen molar-refractivity contribution in [3.63, 3.8) is 0 Å². The van der Waals surface area contributed by atoms with Gasteiger partial charge in [0.05, 0.1) is 19.3 Å². The first-order valence-electron chi connectivity index (χ1n) is 12.0. The summed E-state index contributed by atoms with van der Waals surface area (Å²) in [5.41, 5.74) is 5.79. The van der Waals surface area contributed by atoms with Crippen LogP contribution < -0.4 is 9.47 Å². The molecule has 178 valence electrons. The summed E-state index contributed by atoms with van der Waals surface area (Å²) in [5.74, 6) is 1.52. The van der Waals surface area contributed by atoms with E-state index in [1.807, 2.05) is 0 Å². The number of hydrogen-bond donors (Lipinski definition) is 0. The van der Waals surface area contributed by atoms with Gasteiger partial charge >= 0.3 is 0 Å². The molecule has 0 saturated heterocycles. The molecule has 4 aromatic carbocycles. The van der Waals surface area contributed by atoms with Gasteiger partial charge in [0.25, 0.3) is 0 Å². The molecule has 35 heavy (non-hydrogen) atoms. The first kappa shape index (κ1) is 23.2. The Hall–Kier alpha value is -3.60. The number of ether oxygens (including phenoxy) is 3. The molecule has 0 amide bonds. The van der Waals surface area contributed by atoms with Crippen LogP contribution >= 0.6 is 0 Å². The summed E-state index contributed by atoms with van der Waals surface area (Å²) in [4.78, 5) is 2.57. The summed E-state index contributed by atoms with van der Waals surface area (Å²) in [6, 6.07) is 36.7. The molecule has 0 saturated carbocycles. The van der Waals surface area contributed by atoms with Gasteiger partial charge in [0.15, 0.2) is 11.5 Å². The van der Waals surface area contributed by atoms with Crippen molar-refractivity contribution in [2.24, 2.45) is 0 Å². The molecule has 4 heteroatoms. The molecular weight excluding hydrogens is 434 g/mol. The minimum absolute atomic E-state index is 0.451. The number of methoxy groups -OCH3 is 2. The topological polar surface area (TPSA) is 30.9 Å². The molecule has 0 bridgehead atoms. The van der Waals surface area contributed by atoms with Gasteiger partial charge in [0.1, 0.15) is 6.61 Å². The third-order valence-corrected chi connectivity index (χ3v) is 6.80. The molecule has 5 rings (SSSR count). The quantitative estimate of drug-likeness (QED) is 0.223. The molecular formula is C31H31NO3. The van der Waals surface area contributed by atoms with E-state index in [0.29, 0.717) is 13.2 Å². The largest absolute Gasteiger partial charge is 0.493 e. The molecule has 0 radical (unpaired) electrons. The lowest BCUT2D eigenvalue weighted by molar-refractivity contribution is 0.144. The molecule has 4 aromatic rings. The maximum atomic E-state index is 6.00. The van der Waals surface area contributed by atoms with Crippen LogP contribution in [0.5, 0.6) is 11.5 Å². The fourth-order valence-corrected chi connectivity index (χ4v) is 5.24. The predicted molar refractivity (Wildman–Crippen MR) is 139 cm³/mol. The van der Waals surface area contributed by atoms with Crippen molar-refractivity contribution >= 4 is 0 Å². The molecule has 1 aliphatic heterocycles. The van der Waals surface area contributed by atoms with Gasteiger partial charge < -0.3 is 14.2 Å². The van der Waals surface area contributed by atoms with E-state index in [-0.39, 0.29) is 0 Å². The van der Waals surface area contributed by atoms with Crippen molar-refractivity contribution in [1.29, 1.82) is 0 Å². The van der Waals surface area contributed by atoms with E-state index in [2.05, 4.69) is 108 Å². The van der Waals surface area contributed by atoms with Gasteiger partial charge in [-0.05, 0) is 39.9 Å². The number of fused-ring (bicyclic) bond motifs is 1. The van der Waals surface area contributed by atoms with Crippen LogP contribution in [0, 0.1) is 0 Å². The molecule has 0 N–H and O–H groups in total. The Balaban J connectivity index is 1.65. The van der Waals surface area contributed by atoms with Crippen LogP contribution in [0.25, 0.3) is 0 Å². The average molecular weight is 466 g/mol. The molecule has 0 spiro atoms. The van der Waals surface area contributed by atoms with E-state index in [0.717, 1.165) is 24.6 Å². The second-order valence-corrected chi connectivity index (χ2v) is 8.78. The zero-order chi connectivity index (χ0) is 24.1. The van der Waals surface area contributed by atoms with E-state index in [1.54, 1.807) is 14.2 Å². The van der Waals surface area contributed by atoms with Crippen LogP contribution in [0.3, 0.4) is 0 Å². The number of hydrogen-bond acceptors (Lipinski definition) is 4. The highest BCUT2D eigenvalue weighted by molar-refractivity contribution is 5.53. The van der Waals surface area contributed by atoms with Gasteiger partial charge in [-0.3, -0.25) is 4.90 Å². The Morgan fingerprint density at radius 3 is 1.51 bits per heavy atom. The van der Waals surface area contributed by atoms with Crippen molar-refractivity contribution in [3.05, 3.63) is 131 Å². The lowest BCUT2D eigenvalue weighted by atomic mass is 9.75. The maximum Gasteiger partial charge on any atom is 0.161 e. The van der Waals surface area contributed by atoms with E-state index in [1.165, 1.54) is 27.8 Å². The highest BCUT2D eigenvalue weighted by atomic mass is 16.5. The first-order chi connectivity index (χ1) is 17.3. The molecule has 4 nitrogen and oxygen atoms in total. The zero-order valence-corrected chi connectivity index (χ0v) is 20.3. The van der Waals surface area contributed by atoms with Crippen LogP contribution in [0.2, 0.25) is 0 Å². The van der Waals surface area contributed by atoms with Crippen molar-refractivity contribution in [1.82, 2.24) is 4.90 Å². The molecule has 1 heterocycles. The van der Waals surface area contributed by atoms with Gasteiger partial charge in [0, 0.05) is 20.2 Å². The Morgan fingerprint density at radius 2 is 1.09 bits per heavy atom. The van der Waals surface area contributed by atoms with E-state index < -0.39 is 5.54 Å². The van der Waals surface area contributed by atoms with Gasteiger partial charge in [-0.25, -0.2) is 0 Å². The molecule has 0 unspecified atom stereocenters. The van der Waals surface area contributed by atoms with Crippen LogP contribution in [-0.4, -0.2) is 32.3 Å². The summed E-state index contributed by atoms with van der Waals surface area (Å²) in [7, 11) is 3.37. The molecule has 0 aliphatic carbocycles. The Labute approximate surface area is 207 Å². The maximum absolute atomic E-state index is 6.00. The third kappa shape index (κ3) is 4.31. The van der Waals surface area contributed by atoms with Crippen molar-refractivity contribution in [2.45, 2.75) is 18.6 Å². The third-order valence-electron chi connectivity index (χ3n) is 6.80. The van der Waals surface area contributed by atoms with Gasteiger partial charge in [-0.2, -0.15) is 0 Å². The monoisotopic (exact) mass is 465 g/mol. The Kier molecular flexibility index (Phi) is 6.84. The molecule has 0 aromatic heterocycles. The summed E-state index contributed by atoms with van der Waals surface area (Å²) >= 11 is 0. The molecule has 0 atom stereocenters. The van der Waals surface area contributed by atoms with E-state index in [9.17, 15) is 0 Å². The second kappa shape index (κ2) is 10.3. The summed E-state index contributed by atoms with van der Waals surface area (Å²) < 4.78 is 16.9. The number of benzene rings is 4. The van der Waals surface area contributed by atoms with E-state index in [4.69, 9.17) is 14.2 Å². The summed E-state index contributed by atoms with van der Waals surface area (Å²) in [5, 5.41) is 0. The van der Waals surface area contributed by atoms with Crippen molar-refractivity contribution < 1.29 is 14.2 Å². The van der Waals surface area contributed by atoms with Crippen LogP contribution in [0.1, 0.15) is 27.8 Å². The zero-order valence-electron chi connectivity index (χ0n) is 20.3. The number of rotatable bonds is 9. The Morgan fingerprint density at radius 1 is 0.629 bits per heavy atom. The van der Waals surface area contributed by atoms with Crippen LogP contribution in [0.15, 0.2) is 103 Å². The fourth-order valence-electron chi connectivity index (χ4n) is 5.24.